The van der Waals surface area contributed by atoms with Crippen molar-refractivity contribution < 1.29 is 4.74 Å². The Bertz CT molecular complexity index is 680. The van der Waals surface area contributed by atoms with E-state index in [1.165, 1.54) is 10.9 Å². The summed E-state index contributed by atoms with van der Waals surface area (Å²) in [5.74, 6) is 0.814. The Balaban J connectivity index is 2.21. The largest absolute Gasteiger partial charge is 0.454 e. The zero-order chi connectivity index (χ0) is 15.2. The zero-order valence-electron chi connectivity index (χ0n) is 11.5. The molecule has 0 aliphatic heterocycles. The Kier molecular flexibility index (Phi) is 5.14. The second-order valence-corrected chi connectivity index (χ2v) is 4.76. The van der Waals surface area contributed by atoms with Crippen LogP contribution in [0.15, 0.2) is 47.9 Å². The predicted octanol–water partition coefficient (Wildman–Crippen LogP) is 2.38. The van der Waals surface area contributed by atoms with E-state index in [9.17, 15) is 4.79 Å². The van der Waals surface area contributed by atoms with Crippen LogP contribution >= 0.6 is 11.6 Å². The van der Waals surface area contributed by atoms with Crippen molar-refractivity contribution in [1.82, 2.24) is 9.78 Å². The summed E-state index contributed by atoms with van der Waals surface area (Å²) in [6.45, 7) is 4.45. The number of benzene rings is 1. The van der Waals surface area contributed by atoms with Gasteiger partial charge in [0.2, 0.25) is 0 Å². The summed E-state index contributed by atoms with van der Waals surface area (Å²) in [6.07, 6.45) is 3.79. The van der Waals surface area contributed by atoms with Crippen molar-refractivity contribution in [2.24, 2.45) is 5.73 Å². The van der Waals surface area contributed by atoms with Gasteiger partial charge in [0.05, 0.1) is 12.7 Å². The van der Waals surface area contributed by atoms with Crippen molar-refractivity contribution in [3.8, 4) is 11.5 Å². The Morgan fingerprint density at radius 1 is 1.38 bits per heavy atom. The van der Waals surface area contributed by atoms with Crippen molar-refractivity contribution in [1.29, 1.82) is 0 Å². The molecule has 0 radical (unpaired) electrons. The molecule has 0 bridgehead atoms. The summed E-state index contributed by atoms with van der Waals surface area (Å²) < 4.78 is 6.81. The highest BCUT2D eigenvalue weighted by Gasteiger charge is 2.10. The maximum atomic E-state index is 11.9. The number of rotatable bonds is 6. The summed E-state index contributed by atoms with van der Waals surface area (Å²) in [4.78, 5) is 11.9. The number of hydrogen-bond acceptors (Lipinski definition) is 4. The molecule has 0 amide bonds. The molecule has 2 rings (SSSR count). The summed E-state index contributed by atoms with van der Waals surface area (Å²) in [7, 11) is 0. The minimum absolute atomic E-state index is 0.00196. The maximum Gasteiger partial charge on any atom is 0.289 e. The molecule has 0 spiro atoms. The standard InChI is InChI=1S/C15H16ClN3O2/c1-2-9-19-15(20)14(16)13(10-18-19)21-12-5-3-11(4-6-12)7-8-17/h2-6,10H,1,7-9,17H2. The monoisotopic (exact) mass is 305 g/mol. The second-order valence-electron chi connectivity index (χ2n) is 4.38. The number of nitrogens with zero attached hydrogens (tertiary/aromatic N) is 2. The summed E-state index contributed by atoms with van der Waals surface area (Å²) in [5.41, 5.74) is 6.21. The molecule has 1 aromatic heterocycles. The Hall–Kier alpha value is -2.11. The lowest BCUT2D eigenvalue weighted by molar-refractivity contribution is 0.471. The summed E-state index contributed by atoms with van der Waals surface area (Å²) in [5, 5.41) is 3.98. The van der Waals surface area contributed by atoms with Crippen LogP contribution < -0.4 is 16.0 Å². The Labute approximate surface area is 127 Å². The van der Waals surface area contributed by atoms with Gasteiger partial charge in [0, 0.05) is 0 Å². The molecule has 1 aromatic carbocycles. The van der Waals surface area contributed by atoms with Crippen molar-refractivity contribution >= 4 is 11.6 Å². The Morgan fingerprint density at radius 2 is 2.10 bits per heavy atom. The van der Waals surface area contributed by atoms with Crippen LogP contribution in [0.4, 0.5) is 0 Å². The average Bonchev–Trinajstić information content (AvgIpc) is 2.49. The van der Waals surface area contributed by atoms with E-state index >= 15 is 0 Å². The van der Waals surface area contributed by atoms with Gasteiger partial charge in [-0.05, 0) is 30.7 Å². The molecular weight excluding hydrogens is 290 g/mol. The van der Waals surface area contributed by atoms with E-state index in [2.05, 4.69) is 11.7 Å². The third kappa shape index (κ3) is 3.71. The minimum atomic E-state index is -0.409. The van der Waals surface area contributed by atoms with Gasteiger partial charge in [-0.15, -0.1) is 6.58 Å². The number of halogens is 1. The second kappa shape index (κ2) is 7.06. The van der Waals surface area contributed by atoms with Gasteiger partial charge < -0.3 is 10.5 Å². The third-order valence-electron chi connectivity index (χ3n) is 2.84. The van der Waals surface area contributed by atoms with E-state index in [1.807, 2.05) is 12.1 Å². The topological polar surface area (TPSA) is 70.1 Å². The van der Waals surface area contributed by atoms with Crippen LogP contribution in [0.3, 0.4) is 0 Å². The SMILES string of the molecule is C=CCn1ncc(Oc2ccc(CCN)cc2)c(Cl)c1=O. The lowest BCUT2D eigenvalue weighted by atomic mass is 10.1. The van der Waals surface area contributed by atoms with Crippen LogP contribution in [0.1, 0.15) is 5.56 Å². The van der Waals surface area contributed by atoms with Gasteiger partial charge in [0.1, 0.15) is 5.75 Å². The number of allylic oxidation sites excluding steroid dienone is 1. The molecule has 0 saturated carbocycles. The molecule has 21 heavy (non-hydrogen) atoms. The molecule has 0 unspecified atom stereocenters. The smallest absolute Gasteiger partial charge is 0.289 e. The molecule has 2 aromatic rings. The van der Waals surface area contributed by atoms with E-state index < -0.39 is 5.56 Å². The fourth-order valence-corrected chi connectivity index (χ4v) is 1.98. The molecule has 110 valence electrons. The van der Waals surface area contributed by atoms with Gasteiger partial charge in [-0.3, -0.25) is 4.79 Å². The third-order valence-corrected chi connectivity index (χ3v) is 3.19. The van der Waals surface area contributed by atoms with E-state index in [0.717, 1.165) is 12.0 Å². The predicted molar refractivity (Wildman–Crippen MR) is 83.0 cm³/mol. The first kappa shape index (κ1) is 15.3. The fourth-order valence-electron chi connectivity index (χ4n) is 1.79. The Morgan fingerprint density at radius 3 is 2.71 bits per heavy atom. The first-order valence-corrected chi connectivity index (χ1v) is 6.87. The fraction of sp³-hybridized carbons (Fsp3) is 0.200. The zero-order valence-corrected chi connectivity index (χ0v) is 12.2. The number of hydrogen-bond donors (Lipinski definition) is 1. The van der Waals surface area contributed by atoms with Gasteiger partial charge in [0.25, 0.3) is 5.56 Å². The number of ether oxygens (including phenoxy) is 1. The molecule has 0 aliphatic rings. The highest BCUT2D eigenvalue weighted by molar-refractivity contribution is 6.31. The van der Waals surface area contributed by atoms with Gasteiger partial charge in [0.15, 0.2) is 10.8 Å². The molecule has 0 aliphatic carbocycles. The van der Waals surface area contributed by atoms with Gasteiger partial charge in [-0.25, -0.2) is 4.68 Å². The number of aromatic nitrogens is 2. The van der Waals surface area contributed by atoms with Gasteiger partial charge in [-0.1, -0.05) is 29.8 Å². The van der Waals surface area contributed by atoms with E-state index in [-0.39, 0.29) is 10.8 Å². The highest BCUT2D eigenvalue weighted by Crippen LogP contribution is 2.25. The summed E-state index contributed by atoms with van der Waals surface area (Å²) >= 11 is 6.02. The molecule has 0 fully saturated rings. The van der Waals surface area contributed by atoms with E-state index in [4.69, 9.17) is 22.1 Å². The molecule has 6 heteroatoms. The molecule has 2 N–H and O–H groups in total. The number of nitrogens with two attached hydrogens (primary N) is 1. The van der Waals surface area contributed by atoms with Crippen LogP contribution in [0.2, 0.25) is 5.02 Å². The maximum absolute atomic E-state index is 11.9. The molecule has 0 saturated heterocycles. The van der Waals surface area contributed by atoms with Gasteiger partial charge in [-0.2, -0.15) is 5.10 Å². The normalized spacial score (nSPS) is 10.4. The highest BCUT2D eigenvalue weighted by atomic mass is 35.5. The summed E-state index contributed by atoms with van der Waals surface area (Å²) in [6, 6.07) is 7.44. The molecule has 1 heterocycles. The molecule has 5 nitrogen and oxygen atoms in total. The molecular formula is C15H16ClN3O2. The molecule has 0 atom stereocenters. The first-order valence-electron chi connectivity index (χ1n) is 6.49. The van der Waals surface area contributed by atoms with Crippen LogP contribution in [0.25, 0.3) is 0 Å². The minimum Gasteiger partial charge on any atom is -0.454 e. The lowest BCUT2D eigenvalue weighted by Gasteiger charge is -2.09. The van der Waals surface area contributed by atoms with Crippen LogP contribution in [0, 0.1) is 0 Å². The van der Waals surface area contributed by atoms with E-state index in [0.29, 0.717) is 18.8 Å². The van der Waals surface area contributed by atoms with Crippen molar-refractivity contribution in [2.45, 2.75) is 13.0 Å². The van der Waals surface area contributed by atoms with Crippen molar-refractivity contribution in [3.05, 3.63) is 64.1 Å². The van der Waals surface area contributed by atoms with Crippen LogP contribution in [-0.4, -0.2) is 16.3 Å². The van der Waals surface area contributed by atoms with E-state index in [1.54, 1.807) is 18.2 Å². The van der Waals surface area contributed by atoms with Crippen LogP contribution in [-0.2, 0) is 13.0 Å². The van der Waals surface area contributed by atoms with Crippen molar-refractivity contribution in [2.75, 3.05) is 6.54 Å². The van der Waals surface area contributed by atoms with Crippen LogP contribution in [0.5, 0.6) is 11.5 Å². The quantitative estimate of drug-likeness (QED) is 0.832. The average molecular weight is 306 g/mol. The lowest BCUT2D eigenvalue weighted by Crippen LogP contribution is -2.22. The first-order chi connectivity index (χ1) is 10.2. The van der Waals surface area contributed by atoms with Crippen molar-refractivity contribution in [3.63, 3.8) is 0 Å². The van der Waals surface area contributed by atoms with Gasteiger partial charge >= 0.3 is 0 Å².